The van der Waals surface area contributed by atoms with Crippen LogP contribution in [-0.2, 0) is 15.6 Å². The zero-order valence-electron chi connectivity index (χ0n) is 12.2. The Bertz CT molecular complexity index is 728. The summed E-state index contributed by atoms with van der Waals surface area (Å²) in [6.07, 6.45) is 5.49. The second-order valence-electron chi connectivity index (χ2n) is 5.63. The van der Waals surface area contributed by atoms with Gasteiger partial charge in [0.05, 0.1) is 5.54 Å². The first kappa shape index (κ1) is 15.5. The summed E-state index contributed by atoms with van der Waals surface area (Å²) < 4.78 is 27.9. The van der Waals surface area contributed by atoms with Crippen molar-refractivity contribution in [3.05, 3.63) is 63.7 Å². The normalized spacial score (nSPS) is 18.0. The SMILES string of the molecule is O=S(=O)(/C=C/c1ccccc1)NC1(c2cccs2)CCCC1. The zero-order valence-corrected chi connectivity index (χ0v) is 13.9. The van der Waals surface area contributed by atoms with Gasteiger partial charge in [0.15, 0.2) is 0 Å². The second kappa shape index (κ2) is 6.36. The highest BCUT2D eigenvalue weighted by Gasteiger charge is 2.39. The minimum Gasteiger partial charge on any atom is -0.208 e. The van der Waals surface area contributed by atoms with Crippen molar-refractivity contribution in [1.29, 1.82) is 0 Å². The summed E-state index contributed by atoms with van der Waals surface area (Å²) >= 11 is 1.62. The van der Waals surface area contributed by atoms with Gasteiger partial charge >= 0.3 is 0 Å². The van der Waals surface area contributed by atoms with Gasteiger partial charge in [-0.25, -0.2) is 13.1 Å². The molecule has 1 aromatic carbocycles. The number of benzene rings is 1. The van der Waals surface area contributed by atoms with Gasteiger partial charge in [-0.05, 0) is 35.9 Å². The molecular weight excluding hydrogens is 314 g/mol. The topological polar surface area (TPSA) is 46.2 Å². The summed E-state index contributed by atoms with van der Waals surface area (Å²) in [5.74, 6) is 0. The van der Waals surface area contributed by atoms with Gasteiger partial charge in [0, 0.05) is 10.3 Å². The standard InChI is InChI=1S/C17H19NO2S2/c19-22(20,14-10-15-7-2-1-3-8-15)18-17(11-4-5-12-17)16-9-6-13-21-16/h1-3,6-10,13-14,18H,4-5,11-12H2/b14-10+. The van der Waals surface area contributed by atoms with Crippen LogP contribution in [-0.4, -0.2) is 8.42 Å². The molecule has 1 N–H and O–H groups in total. The van der Waals surface area contributed by atoms with Gasteiger partial charge in [0.2, 0.25) is 10.0 Å². The van der Waals surface area contributed by atoms with Crippen molar-refractivity contribution in [3.8, 4) is 0 Å². The van der Waals surface area contributed by atoms with Crippen LogP contribution in [0.2, 0.25) is 0 Å². The van der Waals surface area contributed by atoms with Crippen molar-refractivity contribution in [2.24, 2.45) is 0 Å². The molecule has 0 amide bonds. The average Bonchev–Trinajstić information content (AvgIpc) is 3.18. The van der Waals surface area contributed by atoms with E-state index in [1.807, 2.05) is 47.8 Å². The number of rotatable bonds is 5. The summed E-state index contributed by atoms with van der Waals surface area (Å²) in [6.45, 7) is 0. The minimum absolute atomic E-state index is 0.423. The molecule has 0 bridgehead atoms. The van der Waals surface area contributed by atoms with Gasteiger partial charge in [-0.2, -0.15) is 0 Å². The minimum atomic E-state index is -3.47. The van der Waals surface area contributed by atoms with Crippen LogP contribution in [0, 0.1) is 0 Å². The van der Waals surface area contributed by atoms with E-state index in [0.717, 1.165) is 36.1 Å². The first-order chi connectivity index (χ1) is 10.6. The molecule has 0 saturated heterocycles. The molecule has 3 rings (SSSR count). The Morgan fingerprint density at radius 1 is 1.05 bits per heavy atom. The Morgan fingerprint density at radius 3 is 2.41 bits per heavy atom. The molecule has 3 nitrogen and oxygen atoms in total. The maximum absolute atomic E-state index is 12.5. The van der Waals surface area contributed by atoms with Crippen LogP contribution < -0.4 is 4.72 Å². The highest BCUT2D eigenvalue weighted by Crippen LogP contribution is 2.41. The van der Waals surface area contributed by atoms with Gasteiger partial charge in [-0.3, -0.25) is 0 Å². The predicted molar refractivity (Wildman–Crippen MR) is 92.0 cm³/mol. The lowest BCUT2D eigenvalue weighted by Crippen LogP contribution is -2.42. The summed E-state index contributed by atoms with van der Waals surface area (Å²) in [4.78, 5) is 1.11. The highest BCUT2D eigenvalue weighted by atomic mass is 32.2. The van der Waals surface area contributed by atoms with E-state index in [-0.39, 0.29) is 0 Å². The van der Waals surface area contributed by atoms with Gasteiger partial charge in [0.1, 0.15) is 0 Å². The van der Waals surface area contributed by atoms with E-state index in [4.69, 9.17) is 0 Å². The number of thiophene rings is 1. The molecule has 116 valence electrons. The molecule has 1 aromatic heterocycles. The second-order valence-corrected chi connectivity index (χ2v) is 8.14. The van der Waals surface area contributed by atoms with Gasteiger partial charge < -0.3 is 0 Å². The molecule has 22 heavy (non-hydrogen) atoms. The Hall–Kier alpha value is -1.43. The lowest BCUT2D eigenvalue weighted by molar-refractivity contribution is 0.415. The fourth-order valence-electron chi connectivity index (χ4n) is 2.97. The van der Waals surface area contributed by atoms with Crippen molar-refractivity contribution in [1.82, 2.24) is 4.72 Å². The maximum atomic E-state index is 12.5. The van der Waals surface area contributed by atoms with Crippen molar-refractivity contribution in [2.45, 2.75) is 31.2 Å². The summed E-state index contributed by atoms with van der Waals surface area (Å²) in [5.41, 5.74) is 0.457. The lowest BCUT2D eigenvalue weighted by Gasteiger charge is -2.28. The fourth-order valence-corrected chi connectivity index (χ4v) is 5.24. The molecule has 0 atom stereocenters. The molecule has 1 aliphatic rings. The third kappa shape index (κ3) is 3.48. The average molecular weight is 333 g/mol. The van der Waals surface area contributed by atoms with Crippen LogP contribution in [0.3, 0.4) is 0 Å². The van der Waals surface area contributed by atoms with E-state index in [1.54, 1.807) is 17.4 Å². The van der Waals surface area contributed by atoms with Gasteiger partial charge in [-0.15, -0.1) is 11.3 Å². The number of nitrogens with one attached hydrogen (secondary N) is 1. The Morgan fingerprint density at radius 2 is 1.77 bits per heavy atom. The molecular formula is C17H19NO2S2. The van der Waals surface area contributed by atoms with E-state index >= 15 is 0 Å². The monoisotopic (exact) mass is 333 g/mol. The number of hydrogen-bond acceptors (Lipinski definition) is 3. The molecule has 1 saturated carbocycles. The largest absolute Gasteiger partial charge is 0.234 e. The van der Waals surface area contributed by atoms with Gasteiger partial charge in [-0.1, -0.05) is 49.2 Å². The molecule has 0 aliphatic heterocycles. The third-order valence-corrected chi connectivity index (χ3v) is 6.27. The van der Waals surface area contributed by atoms with Gasteiger partial charge in [0.25, 0.3) is 0 Å². The lowest BCUT2D eigenvalue weighted by atomic mass is 9.97. The van der Waals surface area contributed by atoms with E-state index in [9.17, 15) is 8.42 Å². The van der Waals surface area contributed by atoms with Crippen LogP contribution >= 0.6 is 11.3 Å². The third-order valence-electron chi connectivity index (χ3n) is 4.03. The van der Waals surface area contributed by atoms with Crippen molar-refractivity contribution < 1.29 is 8.42 Å². The highest BCUT2D eigenvalue weighted by molar-refractivity contribution is 7.92. The Labute approximate surface area is 135 Å². The molecule has 1 fully saturated rings. The molecule has 1 heterocycles. The van der Waals surface area contributed by atoms with Crippen LogP contribution in [0.4, 0.5) is 0 Å². The Kier molecular flexibility index (Phi) is 4.47. The first-order valence-corrected chi connectivity index (χ1v) is 9.83. The molecule has 0 radical (unpaired) electrons. The van der Waals surface area contributed by atoms with E-state index in [0.29, 0.717) is 0 Å². The zero-order chi connectivity index (χ0) is 15.5. The van der Waals surface area contributed by atoms with Crippen molar-refractivity contribution in [2.75, 3.05) is 0 Å². The predicted octanol–water partition coefficient (Wildman–Crippen LogP) is 4.11. The summed E-state index contributed by atoms with van der Waals surface area (Å²) in [7, 11) is -3.47. The molecule has 1 aliphatic carbocycles. The van der Waals surface area contributed by atoms with E-state index in [2.05, 4.69) is 4.72 Å². The maximum Gasteiger partial charge on any atom is 0.234 e. The van der Waals surface area contributed by atoms with Crippen LogP contribution in [0.5, 0.6) is 0 Å². The summed E-state index contributed by atoms with van der Waals surface area (Å²) in [6, 6.07) is 13.5. The van der Waals surface area contributed by atoms with Crippen molar-refractivity contribution in [3.63, 3.8) is 0 Å². The van der Waals surface area contributed by atoms with Crippen LogP contribution in [0.1, 0.15) is 36.1 Å². The number of hydrogen-bond donors (Lipinski definition) is 1. The van der Waals surface area contributed by atoms with Crippen molar-refractivity contribution >= 4 is 27.4 Å². The molecule has 2 aromatic rings. The summed E-state index contributed by atoms with van der Waals surface area (Å²) in [5, 5.41) is 3.28. The van der Waals surface area contributed by atoms with E-state index < -0.39 is 15.6 Å². The molecule has 0 unspecified atom stereocenters. The quantitative estimate of drug-likeness (QED) is 0.895. The Balaban J connectivity index is 1.82. The molecule has 0 spiro atoms. The first-order valence-electron chi connectivity index (χ1n) is 7.41. The van der Waals surface area contributed by atoms with E-state index in [1.165, 1.54) is 5.41 Å². The smallest absolute Gasteiger partial charge is 0.208 e. The fraction of sp³-hybridized carbons (Fsp3) is 0.294. The molecule has 5 heteroatoms. The van der Waals surface area contributed by atoms with Crippen LogP contribution in [0.25, 0.3) is 6.08 Å². The number of sulfonamides is 1. The van der Waals surface area contributed by atoms with Crippen LogP contribution in [0.15, 0.2) is 53.3 Å².